The molecule has 1 aliphatic rings. The number of ether oxygens (including phenoxy) is 1. The van der Waals surface area contributed by atoms with E-state index in [-0.39, 0.29) is 11.1 Å². The van der Waals surface area contributed by atoms with E-state index in [0.29, 0.717) is 28.8 Å². The Morgan fingerprint density at radius 2 is 1.86 bits per heavy atom. The van der Waals surface area contributed by atoms with Gasteiger partial charge in [0.15, 0.2) is 6.61 Å². The molecular formula is C27H27N5O4. The minimum Gasteiger partial charge on any atom is -0.452 e. The number of hydrogen-bond donors (Lipinski definition) is 1. The fraction of sp³-hybridized carbons (Fsp3) is 0.296. The quantitative estimate of drug-likeness (QED) is 0.432. The van der Waals surface area contributed by atoms with Gasteiger partial charge < -0.3 is 10.1 Å². The van der Waals surface area contributed by atoms with E-state index in [9.17, 15) is 14.4 Å². The lowest BCUT2D eigenvalue weighted by atomic mass is 10.1. The Morgan fingerprint density at radius 3 is 2.67 bits per heavy atom. The van der Waals surface area contributed by atoms with Gasteiger partial charge in [-0.15, -0.1) is 0 Å². The van der Waals surface area contributed by atoms with Crippen LogP contribution in [0.4, 0.5) is 5.69 Å². The monoisotopic (exact) mass is 485 g/mol. The number of amides is 1. The van der Waals surface area contributed by atoms with Gasteiger partial charge in [0, 0.05) is 13.0 Å². The minimum absolute atomic E-state index is 0.0852. The summed E-state index contributed by atoms with van der Waals surface area (Å²) in [7, 11) is 0. The van der Waals surface area contributed by atoms with Gasteiger partial charge >= 0.3 is 5.97 Å². The number of aromatic nitrogens is 4. The van der Waals surface area contributed by atoms with Crippen LogP contribution in [0.1, 0.15) is 46.8 Å². The van der Waals surface area contributed by atoms with Crippen molar-refractivity contribution in [1.29, 1.82) is 0 Å². The molecule has 0 atom stereocenters. The molecule has 0 aliphatic carbocycles. The predicted octanol–water partition coefficient (Wildman–Crippen LogP) is 3.72. The van der Waals surface area contributed by atoms with Crippen molar-refractivity contribution < 1.29 is 14.3 Å². The zero-order valence-electron chi connectivity index (χ0n) is 20.3. The number of esters is 1. The molecule has 3 heterocycles. The summed E-state index contributed by atoms with van der Waals surface area (Å²) in [5.74, 6) is -0.376. The summed E-state index contributed by atoms with van der Waals surface area (Å²) in [6.07, 6.45) is 3.74. The van der Waals surface area contributed by atoms with E-state index in [1.807, 2.05) is 37.3 Å². The number of hydrogen-bond acceptors (Lipinski definition) is 6. The van der Waals surface area contributed by atoms with Crippen LogP contribution in [0.2, 0.25) is 0 Å². The molecule has 0 bridgehead atoms. The van der Waals surface area contributed by atoms with E-state index in [4.69, 9.17) is 4.74 Å². The summed E-state index contributed by atoms with van der Waals surface area (Å²) in [6.45, 7) is 3.88. The van der Waals surface area contributed by atoms with Crippen LogP contribution in [-0.4, -0.2) is 37.8 Å². The standard InChI is InChI=1S/C27H27N5O4/c1-17-25(18(2)32(30-17)20-9-5-3-6-10-20)29-24(33)16-36-27(35)19-12-13-21-22(15-19)28-23-11-7-4-8-14-31(23)26(21)34/h3,5-6,9-10,12-13,15H,4,7-8,11,14,16H2,1-2H3,(H,29,33). The molecule has 0 fully saturated rings. The highest BCUT2D eigenvalue weighted by Gasteiger charge is 2.18. The van der Waals surface area contributed by atoms with Crippen molar-refractivity contribution in [1.82, 2.24) is 19.3 Å². The molecule has 0 saturated carbocycles. The summed E-state index contributed by atoms with van der Waals surface area (Å²) < 4.78 is 8.75. The molecule has 1 aliphatic heterocycles. The van der Waals surface area contributed by atoms with Crippen LogP contribution < -0.4 is 10.9 Å². The van der Waals surface area contributed by atoms with E-state index in [1.54, 1.807) is 28.3 Å². The number of anilines is 1. The normalized spacial score (nSPS) is 13.2. The maximum Gasteiger partial charge on any atom is 0.338 e. The van der Waals surface area contributed by atoms with Crippen molar-refractivity contribution in [3.05, 3.63) is 81.7 Å². The molecule has 2 aromatic heterocycles. The van der Waals surface area contributed by atoms with Gasteiger partial charge in [0.1, 0.15) is 5.82 Å². The van der Waals surface area contributed by atoms with Crippen LogP contribution in [0.25, 0.3) is 16.6 Å². The topological polar surface area (TPSA) is 108 Å². The van der Waals surface area contributed by atoms with Crippen LogP contribution >= 0.6 is 0 Å². The van der Waals surface area contributed by atoms with Gasteiger partial charge in [-0.3, -0.25) is 14.2 Å². The van der Waals surface area contributed by atoms with E-state index in [2.05, 4.69) is 15.4 Å². The molecule has 0 unspecified atom stereocenters. The number of benzene rings is 2. The van der Waals surface area contributed by atoms with Crippen molar-refractivity contribution in [3.8, 4) is 5.69 Å². The number of carbonyl (C=O) groups is 2. The zero-order valence-corrected chi connectivity index (χ0v) is 20.3. The molecule has 184 valence electrons. The van der Waals surface area contributed by atoms with Crippen molar-refractivity contribution in [2.45, 2.75) is 46.1 Å². The Labute approximate surface area is 207 Å². The summed E-state index contributed by atoms with van der Waals surface area (Å²) in [6, 6.07) is 14.3. The van der Waals surface area contributed by atoms with E-state index in [0.717, 1.165) is 42.9 Å². The van der Waals surface area contributed by atoms with Crippen molar-refractivity contribution in [2.24, 2.45) is 0 Å². The fourth-order valence-electron chi connectivity index (χ4n) is 4.58. The number of aryl methyl sites for hydroxylation is 2. The lowest BCUT2D eigenvalue weighted by Gasteiger charge is -2.11. The number of fused-ring (bicyclic) bond motifs is 2. The first-order chi connectivity index (χ1) is 17.4. The summed E-state index contributed by atoms with van der Waals surface area (Å²) in [5, 5.41) is 7.77. The molecule has 0 spiro atoms. The first-order valence-corrected chi connectivity index (χ1v) is 12.0. The predicted molar refractivity (Wildman–Crippen MR) is 136 cm³/mol. The van der Waals surface area contributed by atoms with Crippen LogP contribution in [0.15, 0.2) is 53.3 Å². The van der Waals surface area contributed by atoms with Gasteiger partial charge in [-0.2, -0.15) is 5.10 Å². The third kappa shape index (κ3) is 4.51. The van der Waals surface area contributed by atoms with Gasteiger partial charge in [-0.05, 0) is 57.0 Å². The second-order valence-electron chi connectivity index (χ2n) is 8.94. The summed E-state index contributed by atoms with van der Waals surface area (Å²) in [4.78, 5) is 42.8. The number of para-hydroxylation sites is 1. The molecular weight excluding hydrogens is 458 g/mol. The van der Waals surface area contributed by atoms with Crippen molar-refractivity contribution in [3.63, 3.8) is 0 Å². The Bertz CT molecular complexity index is 1520. The number of carbonyl (C=O) groups excluding carboxylic acids is 2. The maximum atomic E-state index is 12.9. The fourth-order valence-corrected chi connectivity index (χ4v) is 4.58. The van der Waals surface area contributed by atoms with Crippen molar-refractivity contribution >= 4 is 28.5 Å². The average molecular weight is 486 g/mol. The first-order valence-electron chi connectivity index (χ1n) is 12.0. The highest BCUT2D eigenvalue weighted by atomic mass is 16.5. The maximum absolute atomic E-state index is 12.9. The molecule has 5 rings (SSSR count). The van der Waals surface area contributed by atoms with E-state index >= 15 is 0 Å². The zero-order chi connectivity index (χ0) is 25.2. The Hall–Kier alpha value is -4.27. The van der Waals surface area contributed by atoms with Crippen LogP contribution in [0.5, 0.6) is 0 Å². The molecule has 0 saturated heterocycles. The molecule has 1 amide bonds. The summed E-state index contributed by atoms with van der Waals surface area (Å²) in [5.41, 5.74) is 3.50. The molecule has 9 nitrogen and oxygen atoms in total. The molecule has 4 aromatic rings. The Kier molecular flexibility index (Phi) is 6.37. The van der Waals surface area contributed by atoms with E-state index in [1.165, 1.54) is 6.07 Å². The Morgan fingerprint density at radius 1 is 1.06 bits per heavy atom. The van der Waals surface area contributed by atoms with Crippen LogP contribution in [0.3, 0.4) is 0 Å². The van der Waals surface area contributed by atoms with Crippen LogP contribution in [0, 0.1) is 13.8 Å². The minimum atomic E-state index is -0.655. The van der Waals surface area contributed by atoms with Gasteiger partial charge in [-0.1, -0.05) is 24.6 Å². The van der Waals surface area contributed by atoms with Gasteiger partial charge in [0.25, 0.3) is 11.5 Å². The number of rotatable bonds is 5. The highest BCUT2D eigenvalue weighted by Crippen LogP contribution is 2.23. The third-order valence-corrected chi connectivity index (χ3v) is 6.44. The molecule has 0 radical (unpaired) electrons. The molecule has 2 aromatic carbocycles. The van der Waals surface area contributed by atoms with Gasteiger partial charge in [-0.25, -0.2) is 14.5 Å². The third-order valence-electron chi connectivity index (χ3n) is 6.44. The van der Waals surface area contributed by atoms with Crippen molar-refractivity contribution in [2.75, 3.05) is 11.9 Å². The SMILES string of the molecule is Cc1nn(-c2ccccc2)c(C)c1NC(=O)COC(=O)c1ccc2c(=O)n3c(nc2c1)CCCCC3. The second-order valence-corrected chi connectivity index (χ2v) is 8.94. The average Bonchev–Trinajstić information content (AvgIpc) is 3.04. The van der Waals surface area contributed by atoms with Crippen LogP contribution in [-0.2, 0) is 22.5 Å². The van der Waals surface area contributed by atoms with Gasteiger partial charge in [0.2, 0.25) is 0 Å². The molecule has 36 heavy (non-hydrogen) atoms. The lowest BCUT2D eigenvalue weighted by molar-refractivity contribution is -0.119. The Balaban J connectivity index is 1.28. The van der Waals surface area contributed by atoms with E-state index < -0.39 is 18.5 Å². The largest absolute Gasteiger partial charge is 0.452 e. The molecule has 9 heteroatoms. The lowest BCUT2D eigenvalue weighted by Crippen LogP contribution is -2.25. The van der Waals surface area contributed by atoms with Gasteiger partial charge in [0.05, 0.1) is 39.2 Å². The highest BCUT2D eigenvalue weighted by molar-refractivity contribution is 5.97. The number of nitrogens with one attached hydrogen (secondary N) is 1. The smallest absolute Gasteiger partial charge is 0.338 e. The molecule has 1 N–H and O–H groups in total. The second kappa shape index (κ2) is 9.77. The number of nitrogens with zero attached hydrogens (tertiary/aromatic N) is 4. The summed E-state index contributed by atoms with van der Waals surface area (Å²) >= 11 is 0. The first kappa shape index (κ1) is 23.5.